The van der Waals surface area contributed by atoms with Crippen LogP contribution in [-0.2, 0) is 14.3 Å². The molecule has 2 heterocycles. The summed E-state index contributed by atoms with van der Waals surface area (Å²) in [7, 11) is 0. The SMILES string of the molecule is O=C(Nc1nc(-c2ccc(I)cc2)cs1)C1=COCCO1. The van der Waals surface area contributed by atoms with Crippen LogP contribution in [0.5, 0.6) is 0 Å². The average molecular weight is 414 g/mol. The highest BCUT2D eigenvalue weighted by Gasteiger charge is 2.16. The zero-order valence-corrected chi connectivity index (χ0v) is 13.8. The van der Waals surface area contributed by atoms with Crippen LogP contribution in [0.15, 0.2) is 41.7 Å². The molecule has 21 heavy (non-hydrogen) atoms. The number of amides is 1. The Kier molecular flexibility index (Phi) is 4.39. The molecule has 0 spiro atoms. The summed E-state index contributed by atoms with van der Waals surface area (Å²) in [6, 6.07) is 8.04. The highest BCUT2D eigenvalue weighted by molar-refractivity contribution is 14.1. The minimum absolute atomic E-state index is 0.173. The van der Waals surface area contributed by atoms with Gasteiger partial charge in [-0.05, 0) is 34.7 Å². The second kappa shape index (κ2) is 6.44. The molecule has 1 amide bonds. The maximum Gasteiger partial charge on any atom is 0.295 e. The number of hydrogen-bond acceptors (Lipinski definition) is 5. The van der Waals surface area contributed by atoms with E-state index < -0.39 is 0 Å². The predicted molar refractivity (Wildman–Crippen MR) is 88.9 cm³/mol. The summed E-state index contributed by atoms with van der Waals surface area (Å²) in [5.41, 5.74) is 1.85. The van der Waals surface area contributed by atoms with Crippen molar-refractivity contribution < 1.29 is 14.3 Å². The van der Waals surface area contributed by atoms with Crippen LogP contribution in [0.3, 0.4) is 0 Å². The van der Waals surface area contributed by atoms with Crippen LogP contribution >= 0.6 is 33.9 Å². The van der Waals surface area contributed by atoms with Gasteiger partial charge in [0.25, 0.3) is 5.91 Å². The summed E-state index contributed by atoms with van der Waals surface area (Å²) >= 11 is 3.63. The van der Waals surface area contributed by atoms with E-state index in [1.165, 1.54) is 21.2 Å². The zero-order chi connectivity index (χ0) is 14.7. The Morgan fingerprint density at radius 3 is 2.81 bits per heavy atom. The highest BCUT2D eigenvalue weighted by atomic mass is 127. The number of carbonyl (C=O) groups is 1. The van der Waals surface area contributed by atoms with E-state index in [-0.39, 0.29) is 11.7 Å². The lowest BCUT2D eigenvalue weighted by molar-refractivity contribution is -0.117. The van der Waals surface area contributed by atoms with Gasteiger partial charge in [0.05, 0.1) is 5.69 Å². The first-order valence-electron chi connectivity index (χ1n) is 6.20. The van der Waals surface area contributed by atoms with E-state index in [0.29, 0.717) is 18.3 Å². The van der Waals surface area contributed by atoms with E-state index in [0.717, 1.165) is 11.3 Å². The quantitative estimate of drug-likeness (QED) is 0.784. The predicted octanol–water partition coefficient (Wildman–Crippen LogP) is 3.24. The third kappa shape index (κ3) is 3.53. The van der Waals surface area contributed by atoms with Gasteiger partial charge in [0.15, 0.2) is 5.13 Å². The molecule has 1 aliphatic heterocycles. The maximum absolute atomic E-state index is 11.9. The second-order valence-electron chi connectivity index (χ2n) is 4.20. The number of halogens is 1. The molecule has 0 unspecified atom stereocenters. The van der Waals surface area contributed by atoms with Crippen molar-refractivity contribution in [3.63, 3.8) is 0 Å². The number of hydrogen-bond donors (Lipinski definition) is 1. The Morgan fingerprint density at radius 2 is 2.10 bits per heavy atom. The summed E-state index contributed by atoms with van der Waals surface area (Å²) in [6.07, 6.45) is 1.33. The monoisotopic (exact) mass is 414 g/mol. The summed E-state index contributed by atoms with van der Waals surface area (Å²) in [5, 5.41) is 5.15. The maximum atomic E-state index is 11.9. The Balaban J connectivity index is 1.71. The molecule has 0 saturated heterocycles. The van der Waals surface area contributed by atoms with Crippen molar-refractivity contribution in [2.45, 2.75) is 0 Å². The van der Waals surface area contributed by atoms with Gasteiger partial charge < -0.3 is 9.47 Å². The molecule has 1 N–H and O–H groups in total. The standard InChI is InChI=1S/C14H11IN2O3S/c15-10-3-1-9(2-4-10)11-8-21-14(16-11)17-13(18)12-7-19-5-6-20-12/h1-4,7-8H,5-6H2,(H,16,17,18). The van der Waals surface area contributed by atoms with Gasteiger partial charge in [-0.1, -0.05) is 12.1 Å². The average Bonchev–Trinajstić information content (AvgIpc) is 2.97. The largest absolute Gasteiger partial charge is 0.494 e. The van der Waals surface area contributed by atoms with Gasteiger partial charge in [0.2, 0.25) is 5.76 Å². The van der Waals surface area contributed by atoms with Gasteiger partial charge in [-0.3, -0.25) is 10.1 Å². The first-order chi connectivity index (χ1) is 10.2. The summed E-state index contributed by atoms with van der Waals surface area (Å²) in [4.78, 5) is 16.3. The summed E-state index contributed by atoms with van der Waals surface area (Å²) in [5.74, 6) is -0.175. The lowest BCUT2D eigenvalue weighted by Crippen LogP contribution is -2.21. The van der Waals surface area contributed by atoms with Crippen molar-refractivity contribution in [2.75, 3.05) is 18.5 Å². The third-order valence-corrected chi connectivity index (χ3v) is 4.21. The Bertz CT molecular complexity index is 682. The molecule has 0 saturated carbocycles. The normalized spacial score (nSPS) is 13.9. The smallest absolute Gasteiger partial charge is 0.295 e. The Morgan fingerprint density at radius 1 is 1.29 bits per heavy atom. The number of benzene rings is 1. The van der Waals surface area contributed by atoms with Crippen LogP contribution in [0.25, 0.3) is 11.3 Å². The first-order valence-corrected chi connectivity index (χ1v) is 8.15. The molecule has 0 aliphatic carbocycles. The number of carbonyl (C=O) groups excluding carboxylic acids is 1. The molecule has 0 fully saturated rings. The van der Waals surface area contributed by atoms with Gasteiger partial charge in [-0.25, -0.2) is 4.98 Å². The molecular weight excluding hydrogens is 403 g/mol. The highest BCUT2D eigenvalue weighted by Crippen LogP contribution is 2.25. The van der Waals surface area contributed by atoms with Crippen molar-refractivity contribution in [1.29, 1.82) is 0 Å². The number of nitrogens with zero attached hydrogens (tertiary/aromatic N) is 1. The van der Waals surface area contributed by atoms with Gasteiger partial charge >= 0.3 is 0 Å². The number of thiazole rings is 1. The Labute approximate surface area is 139 Å². The van der Waals surface area contributed by atoms with E-state index in [1.54, 1.807) is 0 Å². The van der Waals surface area contributed by atoms with Crippen LogP contribution in [0.4, 0.5) is 5.13 Å². The van der Waals surface area contributed by atoms with E-state index in [9.17, 15) is 4.79 Å². The van der Waals surface area contributed by atoms with Gasteiger partial charge in [0, 0.05) is 14.5 Å². The fourth-order valence-corrected chi connectivity index (χ4v) is 2.80. The molecule has 7 heteroatoms. The fourth-order valence-electron chi connectivity index (χ4n) is 1.73. The van der Waals surface area contributed by atoms with Crippen LogP contribution in [-0.4, -0.2) is 24.1 Å². The molecule has 3 rings (SSSR count). The van der Waals surface area contributed by atoms with E-state index in [4.69, 9.17) is 9.47 Å². The van der Waals surface area contributed by atoms with Crippen LogP contribution < -0.4 is 5.32 Å². The van der Waals surface area contributed by atoms with Crippen molar-refractivity contribution in [3.8, 4) is 11.3 Å². The number of nitrogens with one attached hydrogen (secondary N) is 1. The molecule has 1 aromatic heterocycles. The minimum atomic E-state index is -0.349. The van der Waals surface area contributed by atoms with Crippen LogP contribution in [0.1, 0.15) is 0 Å². The van der Waals surface area contributed by atoms with Crippen molar-refractivity contribution in [2.24, 2.45) is 0 Å². The molecular formula is C14H11IN2O3S. The van der Waals surface area contributed by atoms with Gasteiger partial charge in [-0.15, -0.1) is 11.3 Å². The number of anilines is 1. The van der Waals surface area contributed by atoms with Crippen molar-refractivity contribution >= 4 is 45.0 Å². The van der Waals surface area contributed by atoms with Crippen LogP contribution in [0.2, 0.25) is 0 Å². The molecule has 108 valence electrons. The molecule has 0 radical (unpaired) electrons. The number of rotatable bonds is 3. The molecule has 2 aromatic rings. The van der Waals surface area contributed by atoms with Crippen molar-refractivity contribution in [3.05, 3.63) is 45.2 Å². The lowest BCUT2D eigenvalue weighted by Gasteiger charge is -2.14. The van der Waals surface area contributed by atoms with Gasteiger partial charge in [-0.2, -0.15) is 0 Å². The number of ether oxygens (including phenoxy) is 2. The first kappa shape index (κ1) is 14.3. The van der Waals surface area contributed by atoms with Gasteiger partial charge in [0.1, 0.15) is 19.5 Å². The molecule has 0 bridgehead atoms. The molecule has 0 atom stereocenters. The van der Waals surface area contributed by atoms with Crippen LogP contribution in [0, 0.1) is 3.57 Å². The van der Waals surface area contributed by atoms with E-state index >= 15 is 0 Å². The Hall–Kier alpha value is -1.61. The second-order valence-corrected chi connectivity index (χ2v) is 6.30. The molecule has 1 aliphatic rings. The fraction of sp³-hybridized carbons (Fsp3) is 0.143. The van der Waals surface area contributed by atoms with E-state index in [2.05, 4.69) is 32.9 Å². The lowest BCUT2D eigenvalue weighted by atomic mass is 10.2. The molecule has 1 aromatic carbocycles. The third-order valence-electron chi connectivity index (χ3n) is 2.74. The topological polar surface area (TPSA) is 60.5 Å². The van der Waals surface area contributed by atoms with E-state index in [1.807, 2.05) is 29.6 Å². The molecule has 5 nitrogen and oxygen atoms in total. The summed E-state index contributed by atoms with van der Waals surface area (Å²) in [6.45, 7) is 0.843. The zero-order valence-electron chi connectivity index (χ0n) is 10.8. The van der Waals surface area contributed by atoms with Crippen molar-refractivity contribution in [1.82, 2.24) is 4.98 Å². The number of aromatic nitrogens is 1. The minimum Gasteiger partial charge on any atom is -0.494 e. The summed E-state index contributed by atoms with van der Waals surface area (Å²) < 4.78 is 11.4.